The number of imidazole rings is 1. The largest absolute Gasteiger partial charge is 0.491 e. The lowest BCUT2D eigenvalue weighted by Gasteiger charge is -2.35. The molecule has 4 rings (SSSR count). The Morgan fingerprint density at radius 1 is 0.912 bits per heavy atom. The zero-order chi connectivity index (χ0) is 24.0. The van der Waals surface area contributed by atoms with Crippen molar-refractivity contribution in [2.24, 2.45) is 0 Å². The molecule has 0 unspecified atom stereocenters. The molecule has 1 aliphatic heterocycles. The second kappa shape index (κ2) is 11.0. The van der Waals surface area contributed by atoms with Gasteiger partial charge in [0.1, 0.15) is 24.3 Å². The van der Waals surface area contributed by atoms with Gasteiger partial charge in [-0.3, -0.25) is 9.80 Å². The number of benzene rings is 2. The number of hydrogen-bond acceptors (Lipinski definition) is 5. The van der Waals surface area contributed by atoms with Crippen LogP contribution in [0.2, 0.25) is 0 Å². The Labute approximate surface area is 197 Å². The molecule has 0 amide bonds. The first-order chi connectivity index (χ1) is 16.4. The molecule has 1 aromatic heterocycles. The van der Waals surface area contributed by atoms with Crippen LogP contribution in [0.3, 0.4) is 0 Å². The summed E-state index contributed by atoms with van der Waals surface area (Å²) in [6, 6.07) is 14.8. The zero-order valence-electron chi connectivity index (χ0n) is 18.9. The van der Waals surface area contributed by atoms with Crippen LogP contribution in [0.15, 0.2) is 67.0 Å². The summed E-state index contributed by atoms with van der Waals surface area (Å²) in [4.78, 5) is 9.06. The Morgan fingerprint density at radius 2 is 1.59 bits per heavy atom. The number of alkyl halides is 3. The number of nitrogens with zero attached hydrogens (tertiary/aromatic N) is 4. The van der Waals surface area contributed by atoms with Gasteiger partial charge in [0, 0.05) is 51.7 Å². The molecule has 2 aromatic carbocycles. The van der Waals surface area contributed by atoms with Gasteiger partial charge in [-0.15, -0.1) is 0 Å². The fourth-order valence-electron chi connectivity index (χ4n) is 4.03. The van der Waals surface area contributed by atoms with Crippen LogP contribution >= 0.6 is 0 Å². The third kappa shape index (κ3) is 6.82. The number of β-amino-alcohol motifs (C(OH)–C–C–N with tert-alkyl or cyclic N) is 1. The molecule has 182 valence electrons. The lowest BCUT2D eigenvalue weighted by atomic mass is 10.2. The van der Waals surface area contributed by atoms with Crippen molar-refractivity contribution in [2.75, 3.05) is 39.3 Å². The van der Waals surface area contributed by atoms with Crippen LogP contribution in [0.1, 0.15) is 17.0 Å². The van der Waals surface area contributed by atoms with Crippen LogP contribution < -0.4 is 4.74 Å². The summed E-state index contributed by atoms with van der Waals surface area (Å²) < 4.78 is 45.6. The Kier molecular flexibility index (Phi) is 7.87. The number of aliphatic hydroxyl groups is 1. The molecule has 1 aliphatic rings. The van der Waals surface area contributed by atoms with Crippen molar-refractivity contribution in [1.29, 1.82) is 0 Å². The summed E-state index contributed by atoms with van der Waals surface area (Å²) in [5, 5.41) is 10.3. The van der Waals surface area contributed by atoms with Gasteiger partial charge in [-0.05, 0) is 29.8 Å². The average Bonchev–Trinajstić information content (AvgIpc) is 3.25. The quantitative estimate of drug-likeness (QED) is 0.515. The monoisotopic (exact) mass is 474 g/mol. The molecule has 0 bridgehead atoms. The second-order valence-electron chi connectivity index (χ2n) is 8.52. The molecular formula is C25H29F3N4O2. The van der Waals surface area contributed by atoms with Gasteiger partial charge in [0.15, 0.2) is 0 Å². The van der Waals surface area contributed by atoms with E-state index in [9.17, 15) is 18.3 Å². The maximum atomic E-state index is 12.6. The van der Waals surface area contributed by atoms with Crippen LogP contribution in [0, 0.1) is 0 Å². The molecule has 0 spiro atoms. The van der Waals surface area contributed by atoms with Crippen molar-refractivity contribution >= 4 is 0 Å². The number of ether oxygens (including phenoxy) is 1. The molecule has 1 N–H and O–H groups in total. The molecule has 0 radical (unpaired) electrons. The molecule has 0 saturated carbocycles. The lowest BCUT2D eigenvalue weighted by Crippen LogP contribution is -2.49. The van der Waals surface area contributed by atoms with Gasteiger partial charge in [-0.25, -0.2) is 4.98 Å². The molecule has 34 heavy (non-hydrogen) atoms. The van der Waals surface area contributed by atoms with Gasteiger partial charge >= 0.3 is 6.18 Å². The van der Waals surface area contributed by atoms with E-state index in [4.69, 9.17) is 4.74 Å². The van der Waals surface area contributed by atoms with E-state index in [1.54, 1.807) is 0 Å². The number of halogens is 3. The molecular weight excluding hydrogens is 445 g/mol. The Morgan fingerprint density at radius 3 is 2.26 bits per heavy atom. The predicted octanol–water partition coefficient (Wildman–Crippen LogP) is 3.51. The highest BCUT2D eigenvalue weighted by Gasteiger charge is 2.30. The van der Waals surface area contributed by atoms with Crippen molar-refractivity contribution in [2.45, 2.75) is 25.4 Å². The van der Waals surface area contributed by atoms with Crippen LogP contribution in [-0.2, 0) is 19.3 Å². The van der Waals surface area contributed by atoms with Crippen LogP contribution in [0.5, 0.6) is 5.75 Å². The van der Waals surface area contributed by atoms with Gasteiger partial charge in [0.2, 0.25) is 0 Å². The Bertz CT molecular complexity index is 1020. The van der Waals surface area contributed by atoms with E-state index >= 15 is 0 Å². The topological polar surface area (TPSA) is 53.8 Å². The number of rotatable bonds is 9. The number of hydrogen-bond donors (Lipinski definition) is 1. The molecule has 0 aliphatic carbocycles. The maximum Gasteiger partial charge on any atom is 0.416 e. The van der Waals surface area contributed by atoms with E-state index in [1.807, 2.05) is 30.6 Å². The molecule has 9 heteroatoms. The molecule has 1 atom stereocenters. The Balaban J connectivity index is 1.18. The first-order valence-corrected chi connectivity index (χ1v) is 11.3. The summed E-state index contributed by atoms with van der Waals surface area (Å²) in [5.74, 6) is 1.34. The van der Waals surface area contributed by atoms with Gasteiger partial charge < -0.3 is 14.4 Å². The van der Waals surface area contributed by atoms with E-state index in [-0.39, 0.29) is 6.61 Å². The van der Waals surface area contributed by atoms with Crippen molar-refractivity contribution in [1.82, 2.24) is 19.4 Å². The zero-order valence-corrected chi connectivity index (χ0v) is 18.9. The van der Waals surface area contributed by atoms with E-state index in [0.29, 0.717) is 12.3 Å². The second-order valence-corrected chi connectivity index (χ2v) is 8.52. The third-order valence-corrected chi connectivity index (χ3v) is 5.92. The van der Waals surface area contributed by atoms with Crippen molar-refractivity contribution in [3.63, 3.8) is 0 Å². The standard InChI is InChI=1S/C25H29F3N4O2/c26-25(27,28)21-6-8-23(9-7-21)34-19-22(33)17-30-12-14-31(15-13-30)18-24-29-10-11-32(24)16-20-4-2-1-3-5-20/h1-11,22,33H,12-19H2/t22-/m0/s1. The molecule has 3 aromatic rings. The normalized spacial score (nSPS) is 16.5. The van der Waals surface area contributed by atoms with Gasteiger partial charge in [0.25, 0.3) is 0 Å². The van der Waals surface area contributed by atoms with E-state index in [0.717, 1.165) is 57.2 Å². The molecule has 2 heterocycles. The number of aromatic nitrogens is 2. The summed E-state index contributed by atoms with van der Waals surface area (Å²) in [6.07, 6.45) is -1.26. The van der Waals surface area contributed by atoms with Gasteiger partial charge in [0.05, 0.1) is 12.1 Å². The van der Waals surface area contributed by atoms with Crippen molar-refractivity contribution < 1.29 is 23.0 Å². The SMILES string of the molecule is O[C@H](COc1ccc(C(F)(F)F)cc1)CN1CCN(Cc2nccn2Cc2ccccc2)CC1. The van der Waals surface area contributed by atoms with Gasteiger partial charge in [-0.1, -0.05) is 30.3 Å². The number of piperazine rings is 1. The first-order valence-electron chi connectivity index (χ1n) is 11.3. The van der Waals surface area contributed by atoms with Crippen molar-refractivity contribution in [3.05, 3.63) is 83.9 Å². The number of aliphatic hydroxyl groups excluding tert-OH is 1. The summed E-state index contributed by atoms with van der Waals surface area (Å²) >= 11 is 0. The minimum atomic E-state index is -4.37. The van der Waals surface area contributed by atoms with Crippen LogP contribution in [-0.4, -0.2) is 69.9 Å². The van der Waals surface area contributed by atoms with E-state index in [2.05, 4.69) is 31.5 Å². The summed E-state index contributed by atoms with van der Waals surface area (Å²) in [6.45, 7) is 5.41. The van der Waals surface area contributed by atoms with E-state index < -0.39 is 17.8 Å². The maximum absolute atomic E-state index is 12.6. The predicted molar refractivity (Wildman–Crippen MR) is 122 cm³/mol. The molecule has 1 saturated heterocycles. The van der Waals surface area contributed by atoms with Crippen LogP contribution in [0.25, 0.3) is 0 Å². The minimum absolute atomic E-state index is 0.0303. The fraction of sp³-hybridized carbons (Fsp3) is 0.400. The summed E-state index contributed by atoms with van der Waals surface area (Å²) in [5.41, 5.74) is 0.514. The molecule has 6 nitrogen and oxygen atoms in total. The highest BCUT2D eigenvalue weighted by atomic mass is 19.4. The first kappa shape index (κ1) is 24.3. The Hall–Kier alpha value is -2.88. The lowest BCUT2D eigenvalue weighted by molar-refractivity contribution is -0.137. The third-order valence-electron chi connectivity index (χ3n) is 5.92. The highest BCUT2D eigenvalue weighted by molar-refractivity contribution is 5.28. The molecule has 1 fully saturated rings. The van der Waals surface area contributed by atoms with E-state index in [1.165, 1.54) is 17.7 Å². The summed E-state index contributed by atoms with van der Waals surface area (Å²) in [7, 11) is 0. The van der Waals surface area contributed by atoms with Gasteiger partial charge in [-0.2, -0.15) is 13.2 Å². The van der Waals surface area contributed by atoms with Crippen LogP contribution in [0.4, 0.5) is 13.2 Å². The average molecular weight is 475 g/mol. The highest BCUT2D eigenvalue weighted by Crippen LogP contribution is 2.30. The minimum Gasteiger partial charge on any atom is -0.491 e. The fourth-order valence-corrected chi connectivity index (χ4v) is 4.03. The smallest absolute Gasteiger partial charge is 0.416 e. The van der Waals surface area contributed by atoms with Crippen molar-refractivity contribution in [3.8, 4) is 5.75 Å².